The number of ether oxygens (including phenoxy) is 1. The molecule has 1 heterocycles. The van der Waals surface area contributed by atoms with Crippen LogP contribution in [-0.4, -0.2) is 24.9 Å². The third kappa shape index (κ3) is 3.94. The van der Waals surface area contributed by atoms with Crippen molar-refractivity contribution in [2.45, 2.75) is 52.2 Å². The number of hydrogen-bond donors (Lipinski definition) is 0. The van der Waals surface area contributed by atoms with Crippen molar-refractivity contribution in [3.05, 3.63) is 59.4 Å². The van der Waals surface area contributed by atoms with Crippen molar-refractivity contribution < 1.29 is 18.4 Å². The van der Waals surface area contributed by atoms with Gasteiger partial charge in [-0.1, -0.05) is 24.3 Å². The molecule has 1 aliphatic heterocycles. The summed E-state index contributed by atoms with van der Waals surface area (Å²) in [5.41, 5.74) is 2.38. The van der Waals surface area contributed by atoms with E-state index in [1.54, 1.807) is 12.1 Å². The maximum Gasteiger partial charge on any atom is 0.494 e. The Morgan fingerprint density at radius 1 is 0.962 bits per heavy atom. The zero-order valence-corrected chi connectivity index (χ0v) is 16.1. The van der Waals surface area contributed by atoms with E-state index in [0.717, 1.165) is 28.8 Å². The van der Waals surface area contributed by atoms with Crippen LogP contribution < -0.4 is 10.2 Å². The molecule has 26 heavy (non-hydrogen) atoms. The first-order valence-electron chi connectivity index (χ1n) is 9.01. The van der Waals surface area contributed by atoms with E-state index in [2.05, 4.69) is 6.07 Å². The molecule has 0 bridgehead atoms. The fourth-order valence-electron chi connectivity index (χ4n) is 2.89. The molecule has 0 saturated carbocycles. The SMILES string of the molecule is Cc1cc(B2OC(C)(C)C(C)(C)O2)ccc1OCCc1ccc(F)cc1. The minimum atomic E-state index is -0.369. The van der Waals surface area contributed by atoms with E-state index in [1.807, 2.05) is 46.8 Å². The van der Waals surface area contributed by atoms with Crippen molar-refractivity contribution in [2.24, 2.45) is 0 Å². The lowest BCUT2D eigenvalue weighted by Crippen LogP contribution is -2.41. The molecular formula is C21H26BFO3. The highest BCUT2D eigenvalue weighted by molar-refractivity contribution is 6.62. The Balaban J connectivity index is 1.62. The Morgan fingerprint density at radius 2 is 1.58 bits per heavy atom. The second kappa shape index (κ2) is 7.05. The lowest BCUT2D eigenvalue weighted by molar-refractivity contribution is 0.00578. The van der Waals surface area contributed by atoms with Gasteiger partial charge < -0.3 is 14.0 Å². The summed E-state index contributed by atoms with van der Waals surface area (Å²) in [5, 5.41) is 0. The molecule has 0 unspecified atom stereocenters. The zero-order valence-electron chi connectivity index (χ0n) is 16.1. The van der Waals surface area contributed by atoms with Crippen LogP contribution in [0.3, 0.4) is 0 Å². The van der Waals surface area contributed by atoms with E-state index in [0.29, 0.717) is 6.61 Å². The fourth-order valence-corrected chi connectivity index (χ4v) is 2.89. The average Bonchev–Trinajstić information content (AvgIpc) is 2.79. The maximum absolute atomic E-state index is 12.9. The van der Waals surface area contributed by atoms with Gasteiger partial charge in [0.15, 0.2) is 0 Å². The van der Waals surface area contributed by atoms with Gasteiger partial charge in [0.25, 0.3) is 0 Å². The largest absolute Gasteiger partial charge is 0.494 e. The van der Waals surface area contributed by atoms with Crippen molar-refractivity contribution in [3.8, 4) is 5.75 Å². The topological polar surface area (TPSA) is 27.7 Å². The quantitative estimate of drug-likeness (QED) is 0.757. The summed E-state index contributed by atoms with van der Waals surface area (Å²) in [5.74, 6) is 0.621. The van der Waals surface area contributed by atoms with E-state index in [-0.39, 0.29) is 24.1 Å². The van der Waals surface area contributed by atoms with Gasteiger partial charge in [0, 0.05) is 6.42 Å². The molecule has 1 fully saturated rings. The van der Waals surface area contributed by atoms with Gasteiger partial charge in [0.05, 0.1) is 17.8 Å². The molecule has 3 nitrogen and oxygen atoms in total. The second-order valence-electron chi connectivity index (χ2n) is 7.84. The molecule has 0 amide bonds. The number of hydrogen-bond acceptors (Lipinski definition) is 3. The van der Waals surface area contributed by atoms with E-state index in [4.69, 9.17) is 14.0 Å². The number of halogens is 1. The summed E-state index contributed by atoms with van der Waals surface area (Å²) >= 11 is 0. The minimum absolute atomic E-state index is 0.219. The number of aryl methyl sites for hydroxylation is 1. The predicted octanol–water partition coefficient (Wildman–Crippen LogP) is 4.05. The third-order valence-corrected chi connectivity index (χ3v) is 5.29. The Morgan fingerprint density at radius 3 is 2.15 bits per heavy atom. The molecule has 2 aromatic carbocycles. The van der Waals surface area contributed by atoms with Gasteiger partial charge in [0.2, 0.25) is 0 Å². The molecule has 0 aliphatic carbocycles. The number of rotatable bonds is 5. The highest BCUT2D eigenvalue weighted by Crippen LogP contribution is 2.36. The van der Waals surface area contributed by atoms with Gasteiger partial charge in [-0.05, 0) is 69.4 Å². The van der Waals surface area contributed by atoms with Crippen LogP contribution in [0.25, 0.3) is 0 Å². The summed E-state index contributed by atoms with van der Waals surface area (Å²) in [6.07, 6.45) is 0.735. The summed E-state index contributed by atoms with van der Waals surface area (Å²) in [7, 11) is -0.369. The molecule has 3 rings (SSSR count). The molecule has 1 aliphatic rings. The van der Waals surface area contributed by atoms with Crippen LogP contribution in [0, 0.1) is 12.7 Å². The van der Waals surface area contributed by atoms with Crippen molar-refractivity contribution in [1.82, 2.24) is 0 Å². The molecule has 2 aromatic rings. The molecule has 0 N–H and O–H groups in total. The Labute approximate surface area is 155 Å². The van der Waals surface area contributed by atoms with Crippen LogP contribution in [0.1, 0.15) is 38.8 Å². The van der Waals surface area contributed by atoms with Crippen LogP contribution in [0.5, 0.6) is 5.75 Å². The summed E-state index contributed by atoms with van der Waals surface area (Å²) in [6, 6.07) is 12.5. The van der Waals surface area contributed by atoms with E-state index < -0.39 is 0 Å². The molecule has 0 atom stereocenters. The minimum Gasteiger partial charge on any atom is -0.493 e. The summed E-state index contributed by atoms with van der Waals surface area (Å²) in [4.78, 5) is 0. The van der Waals surface area contributed by atoms with E-state index in [9.17, 15) is 4.39 Å². The third-order valence-electron chi connectivity index (χ3n) is 5.29. The lowest BCUT2D eigenvalue weighted by atomic mass is 9.78. The van der Waals surface area contributed by atoms with Crippen molar-refractivity contribution in [2.75, 3.05) is 6.61 Å². The van der Waals surface area contributed by atoms with Gasteiger partial charge in [-0.3, -0.25) is 0 Å². The first-order chi connectivity index (χ1) is 12.2. The average molecular weight is 356 g/mol. The first-order valence-corrected chi connectivity index (χ1v) is 9.01. The van der Waals surface area contributed by atoms with E-state index >= 15 is 0 Å². The monoisotopic (exact) mass is 356 g/mol. The molecule has 1 saturated heterocycles. The maximum atomic E-state index is 12.9. The zero-order chi connectivity index (χ0) is 18.9. The Hall–Kier alpha value is -1.85. The van der Waals surface area contributed by atoms with Crippen LogP contribution in [-0.2, 0) is 15.7 Å². The predicted molar refractivity (Wildman–Crippen MR) is 102 cm³/mol. The fraction of sp³-hybridized carbons (Fsp3) is 0.429. The standard InChI is InChI=1S/C21H26BFO3/c1-15-14-17(22-25-20(2,3)21(4,5)26-22)8-11-19(15)24-13-12-16-6-9-18(23)10-7-16/h6-11,14H,12-13H2,1-5H3. The molecule has 138 valence electrons. The molecule has 0 aromatic heterocycles. The molecule has 0 spiro atoms. The smallest absolute Gasteiger partial charge is 0.493 e. The van der Waals surface area contributed by atoms with Crippen LogP contribution >= 0.6 is 0 Å². The summed E-state index contributed by atoms with van der Waals surface area (Å²) < 4.78 is 31.0. The number of benzene rings is 2. The van der Waals surface area contributed by atoms with Crippen LogP contribution in [0.2, 0.25) is 0 Å². The lowest BCUT2D eigenvalue weighted by Gasteiger charge is -2.32. The van der Waals surface area contributed by atoms with Gasteiger partial charge in [-0.2, -0.15) is 0 Å². The molecular weight excluding hydrogens is 330 g/mol. The normalized spacial score (nSPS) is 18.2. The van der Waals surface area contributed by atoms with Crippen LogP contribution in [0.15, 0.2) is 42.5 Å². The highest BCUT2D eigenvalue weighted by atomic mass is 19.1. The van der Waals surface area contributed by atoms with Crippen molar-refractivity contribution in [1.29, 1.82) is 0 Å². The van der Waals surface area contributed by atoms with Crippen molar-refractivity contribution in [3.63, 3.8) is 0 Å². The van der Waals surface area contributed by atoms with Gasteiger partial charge in [-0.15, -0.1) is 0 Å². The van der Waals surface area contributed by atoms with Gasteiger partial charge in [-0.25, -0.2) is 4.39 Å². The van der Waals surface area contributed by atoms with Gasteiger partial charge in [0.1, 0.15) is 11.6 Å². The highest BCUT2D eigenvalue weighted by Gasteiger charge is 2.51. The van der Waals surface area contributed by atoms with Crippen LogP contribution in [0.4, 0.5) is 4.39 Å². The Bertz CT molecular complexity index is 755. The molecule has 5 heteroatoms. The van der Waals surface area contributed by atoms with Crippen molar-refractivity contribution >= 4 is 12.6 Å². The first kappa shape index (κ1) is 18.9. The Kier molecular flexibility index (Phi) is 5.13. The van der Waals surface area contributed by atoms with Gasteiger partial charge >= 0.3 is 7.12 Å². The van der Waals surface area contributed by atoms with E-state index in [1.165, 1.54) is 12.1 Å². The molecule has 0 radical (unpaired) electrons. The summed E-state index contributed by atoms with van der Waals surface area (Å²) in [6.45, 7) is 10.8. The second-order valence-corrected chi connectivity index (χ2v) is 7.84.